The normalized spacial score (nSPS) is 11.8. The first-order valence-corrected chi connectivity index (χ1v) is 4.96. The summed E-state index contributed by atoms with van der Waals surface area (Å²) in [6.45, 7) is 0.989. The standard InChI is InChI=1S/C8H12N6O4/c1-4(8(9)18)14-5(11-12-13-14)2-6(15)10-3-7(16)17/h4H,2-3H2,1H3,(H2,9,18)(H,10,15)(H,16,17). The summed E-state index contributed by atoms with van der Waals surface area (Å²) in [6.07, 6.45) is -0.238. The van der Waals surface area contributed by atoms with E-state index in [1.165, 1.54) is 6.92 Å². The van der Waals surface area contributed by atoms with E-state index in [9.17, 15) is 14.4 Å². The van der Waals surface area contributed by atoms with Gasteiger partial charge in [0.05, 0.1) is 6.42 Å². The summed E-state index contributed by atoms with van der Waals surface area (Å²) >= 11 is 0. The summed E-state index contributed by atoms with van der Waals surface area (Å²) in [5, 5.41) is 21.0. The smallest absolute Gasteiger partial charge is 0.322 e. The predicted octanol–water partition coefficient (Wildman–Crippen LogP) is -2.54. The molecule has 1 rings (SSSR count). The van der Waals surface area contributed by atoms with Gasteiger partial charge in [0.25, 0.3) is 0 Å². The number of amides is 2. The topological polar surface area (TPSA) is 153 Å². The molecule has 1 unspecified atom stereocenters. The van der Waals surface area contributed by atoms with E-state index in [4.69, 9.17) is 10.8 Å². The highest BCUT2D eigenvalue weighted by molar-refractivity contribution is 5.82. The van der Waals surface area contributed by atoms with Crippen molar-refractivity contribution < 1.29 is 19.5 Å². The average Bonchev–Trinajstić information content (AvgIpc) is 2.73. The molecule has 0 radical (unpaired) electrons. The number of aromatic nitrogens is 4. The first-order valence-electron chi connectivity index (χ1n) is 4.96. The SMILES string of the molecule is CC(C(N)=O)n1nnnc1CC(=O)NCC(=O)O. The maximum absolute atomic E-state index is 11.4. The second-order valence-corrected chi connectivity index (χ2v) is 3.47. The predicted molar refractivity (Wildman–Crippen MR) is 56.1 cm³/mol. The number of nitrogens with zero attached hydrogens (tertiary/aromatic N) is 4. The molecule has 1 aromatic rings. The van der Waals surface area contributed by atoms with Crippen LogP contribution in [0.5, 0.6) is 0 Å². The van der Waals surface area contributed by atoms with Gasteiger partial charge in [-0.2, -0.15) is 0 Å². The van der Waals surface area contributed by atoms with Crippen molar-refractivity contribution in [3.63, 3.8) is 0 Å². The number of carboxylic acids is 1. The maximum Gasteiger partial charge on any atom is 0.322 e. The lowest BCUT2D eigenvalue weighted by Crippen LogP contribution is -2.32. The third kappa shape index (κ3) is 3.50. The molecule has 0 bridgehead atoms. The summed E-state index contributed by atoms with van der Waals surface area (Å²) in [4.78, 5) is 32.6. The Balaban J connectivity index is 2.68. The summed E-state index contributed by atoms with van der Waals surface area (Å²) in [5.41, 5.74) is 5.09. The number of tetrazole rings is 1. The number of carboxylic acid groups (broad SMARTS) is 1. The van der Waals surface area contributed by atoms with E-state index in [0.717, 1.165) is 4.68 Å². The minimum absolute atomic E-state index is 0.129. The van der Waals surface area contributed by atoms with Crippen LogP contribution >= 0.6 is 0 Å². The van der Waals surface area contributed by atoms with Gasteiger partial charge in [-0.1, -0.05) is 0 Å². The number of primary amides is 1. The molecule has 0 aliphatic rings. The summed E-state index contributed by atoms with van der Waals surface area (Å²) in [5.74, 6) is -2.24. The molecule has 1 heterocycles. The van der Waals surface area contributed by atoms with Crippen molar-refractivity contribution in [2.24, 2.45) is 5.73 Å². The molecule has 10 nitrogen and oxygen atoms in total. The molecule has 10 heteroatoms. The van der Waals surface area contributed by atoms with Crippen LogP contribution in [-0.4, -0.2) is 49.6 Å². The number of hydrogen-bond acceptors (Lipinski definition) is 6. The monoisotopic (exact) mass is 256 g/mol. The van der Waals surface area contributed by atoms with E-state index in [1.807, 2.05) is 0 Å². The van der Waals surface area contributed by atoms with Gasteiger partial charge in [0, 0.05) is 0 Å². The molecule has 0 aliphatic heterocycles. The van der Waals surface area contributed by atoms with E-state index in [2.05, 4.69) is 20.8 Å². The van der Waals surface area contributed by atoms with E-state index >= 15 is 0 Å². The number of rotatable bonds is 6. The van der Waals surface area contributed by atoms with Gasteiger partial charge in [0.2, 0.25) is 11.8 Å². The van der Waals surface area contributed by atoms with Crippen LogP contribution in [0.3, 0.4) is 0 Å². The summed E-state index contributed by atoms with van der Waals surface area (Å²) < 4.78 is 1.11. The molecular weight excluding hydrogens is 244 g/mol. The molecule has 0 saturated carbocycles. The van der Waals surface area contributed by atoms with Gasteiger partial charge in [-0.25, -0.2) is 4.68 Å². The lowest BCUT2D eigenvalue weighted by atomic mass is 10.3. The highest BCUT2D eigenvalue weighted by Gasteiger charge is 2.19. The van der Waals surface area contributed by atoms with Gasteiger partial charge in [0.15, 0.2) is 5.82 Å². The Labute approximate surface area is 101 Å². The number of hydrogen-bond donors (Lipinski definition) is 3. The lowest BCUT2D eigenvalue weighted by molar-refractivity contribution is -0.137. The summed E-state index contributed by atoms with van der Waals surface area (Å²) in [6, 6.07) is -0.790. The molecule has 1 aromatic heterocycles. The molecule has 0 saturated heterocycles. The van der Waals surface area contributed by atoms with Crippen LogP contribution in [0.25, 0.3) is 0 Å². The zero-order valence-electron chi connectivity index (χ0n) is 9.53. The van der Waals surface area contributed by atoms with E-state index in [-0.39, 0.29) is 12.2 Å². The molecule has 4 N–H and O–H groups in total. The lowest BCUT2D eigenvalue weighted by Gasteiger charge is -2.09. The minimum atomic E-state index is -1.16. The van der Waals surface area contributed by atoms with E-state index < -0.39 is 30.4 Å². The van der Waals surface area contributed by atoms with Crippen molar-refractivity contribution in [2.45, 2.75) is 19.4 Å². The number of carbonyl (C=O) groups excluding carboxylic acids is 2. The third-order valence-electron chi connectivity index (χ3n) is 2.10. The van der Waals surface area contributed by atoms with Gasteiger partial charge < -0.3 is 16.2 Å². The Kier molecular flexibility index (Phi) is 4.29. The largest absolute Gasteiger partial charge is 0.480 e. The molecule has 18 heavy (non-hydrogen) atoms. The van der Waals surface area contributed by atoms with E-state index in [1.54, 1.807) is 0 Å². The fourth-order valence-electron chi connectivity index (χ4n) is 1.13. The first-order chi connectivity index (χ1) is 8.41. The number of aliphatic carboxylic acids is 1. The second kappa shape index (κ2) is 5.70. The van der Waals surface area contributed by atoms with Gasteiger partial charge in [-0.15, -0.1) is 5.10 Å². The number of nitrogens with one attached hydrogen (secondary N) is 1. The van der Waals surface area contributed by atoms with Crippen LogP contribution in [0.2, 0.25) is 0 Å². The Morgan fingerprint density at radius 1 is 1.50 bits per heavy atom. The second-order valence-electron chi connectivity index (χ2n) is 3.47. The molecule has 0 spiro atoms. The molecule has 1 atom stereocenters. The molecule has 0 aliphatic carbocycles. The van der Waals surface area contributed by atoms with Crippen LogP contribution < -0.4 is 11.1 Å². The van der Waals surface area contributed by atoms with Crippen molar-refractivity contribution in [1.29, 1.82) is 0 Å². The van der Waals surface area contributed by atoms with E-state index in [0.29, 0.717) is 0 Å². The van der Waals surface area contributed by atoms with Gasteiger partial charge in [-0.3, -0.25) is 14.4 Å². The van der Waals surface area contributed by atoms with Gasteiger partial charge in [-0.05, 0) is 17.4 Å². The van der Waals surface area contributed by atoms with Crippen LogP contribution in [-0.2, 0) is 20.8 Å². The number of carbonyl (C=O) groups is 3. The highest BCUT2D eigenvalue weighted by Crippen LogP contribution is 2.05. The summed E-state index contributed by atoms with van der Waals surface area (Å²) in [7, 11) is 0. The van der Waals surface area contributed by atoms with Gasteiger partial charge >= 0.3 is 5.97 Å². The Bertz CT molecular complexity index is 470. The minimum Gasteiger partial charge on any atom is -0.480 e. The highest BCUT2D eigenvalue weighted by atomic mass is 16.4. The molecule has 0 fully saturated rings. The molecule has 2 amide bonds. The average molecular weight is 256 g/mol. The third-order valence-corrected chi connectivity index (χ3v) is 2.10. The Morgan fingerprint density at radius 2 is 2.17 bits per heavy atom. The first kappa shape index (κ1) is 13.5. The van der Waals surface area contributed by atoms with Crippen molar-refractivity contribution in [3.8, 4) is 0 Å². The van der Waals surface area contributed by atoms with Crippen LogP contribution in [0.4, 0.5) is 0 Å². The fourth-order valence-corrected chi connectivity index (χ4v) is 1.13. The Hall–Kier alpha value is -2.52. The zero-order chi connectivity index (χ0) is 13.7. The Morgan fingerprint density at radius 3 is 2.72 bits per heavy atom. The van der Waals surface area contributed by atoms with Crippen LogP contribution in [0.15, 0.2) is 0 Å². The molecule has 98 valence electrons. The van der Waals surface area contributed by atoms with Crippen molar-refractivity contribution in [1.82, 2.24) is 25.5 Å². The van der Waals surface area contributed by atoms with Crippen molar-refractivity contribution in [3.05, 3.63) is 5.82 Å². The number of nitrogens with two attached hydrogens (primary N) is 1. The quantitative estimate of drug-likeness (QED) is 0.506. The van der Waals surface area contributed by atoms with Crippen molar-refractivity contribution >= 4 is 17.8 Å². The van der Waals surface area contributed by atoms with Crippen LogP contribution in [0, 0.1) is 0 Å². The molecule has 0 aromatic carbocycles. The van der Waals surface area contributed by atoms with Crippen molar-refractivity contribution in [2.75, 3.05) is 6.54 Å². The molecular formula is C8H12N6O4. The van der Waals surface area contributed by atoms with Crippen LogP contribution in [0.1, 0.15) is 18.8 Å². The fraction of sp³-hybridized carbons (Fsp3) is 0.500. The zero-order valence-corrected chi connectivity index (χ0v) is 9.53. The maximum atomic E-state index is 11.4. The van der Waals surface area contributed by atoms with Gasteiger partial charge in [0.1, 0.15) is 12.6 Å².